The summed E-state index contributed by atoms with van der Waals surface area (Å²) in [5, 5.41) is 6.25. The van der Waals surface area contributed by atoms with Crippen LogP contribution in [0.5, 0.6) is 5.75 Å². The summed E-state index contributed by atoms with van der Waals surface area (Å²) in [6, 6.07) is 7.98. The predicted molar refractivity (Wildman–Crippen MR) is 91.7 cm³/mol. The van der Waals surface area contributed by atoms with Crippen molar-refractivity contribution >= 4 is 29.9 Å². The lowest BCUT2D eigenvalue weighted by Crippen LogP contribution is -2.39. The van der Waals surface area contributed by atoms with E-state index in [2.05, 4.69) is 22.2 Å². The average molecular weight is 375 g/mol. The second-order valence-corrected chi connectivity index (χ2v) is 3.78. The lowest BCUT2D eigenvalue weighted by Gasteiger charge is -2.12. The summed E-state index contributed by atoms with van der Waals surface area (Å²) in [5.41, 5.74) is 1.15. The van der Waals surface area contributed by atoms with Crippen LogP contribution in [0.3, 0.4) is 0 Å². The number of rotatable bonds is 6. The smallest absolute Gasteiger partial charge is 0.191 e. The number of halogens is 1. The fourth-order valence-electron chi connectivity index (χ4n) is 1.44. The fourth-order valence-corrected chi connectivity index (χ4v) is 1.44. The summed E-state index contributed by atoms with van der Waals surface area (Å²) >= 11 is 0. The molecule has 0 fully saturated rings. The number of guanidine groups is 1. The topological polar surface area (TPSA) is 45.7 Å². The van der Waals surface area contributed by atoms with Gasteiger partial charge in [0.15, 0.2) is 5.96 Å². The molecule has 0 bridgehead atoms. The van der Waals surface area contributed by atoms with Gasteiger partial charge in [-0.05, 0) is 18.6 Å². The van der Waals surface area contributed by atoms with E-state index in [1.165, 1.54) is 0 Å². The molecule has 0 amide bonds. The van der Waals surface area contributed by atoms with Crippen LogP contribution in [0.4, 0.5) is 0 Å². The molecule has 2 N–H and O–H groups in total. The number of aryl methyl sites for hydroxylation is 1. The van der Waals surface area contributed by atoms with Crippen molar-refractivity contribution in [1.29, 1.82) is 0 Å². The van der Waals surface area contributed by atoms with E-state index in [-0.39, 0.29) is 24.0 Å². The molecule has 1 aromatic rings. The predicted octanol–water partition coefficient (Wildman–Crippen LogP) is 2.34. The van der Waals surface area contributed by atoms with Crippen LogP contribution in [0.25, 0.3) is 0 Å². The fraction of sp³-hybridized carbons (Fsp3) is 0.357. The van der Waals surface area contributed by atoms with Crippen LogP contribution >= 0.6 is 24.0 Å². The van der Waals surface area contributed by atoms with Crippen molar-refractivity contribution in [2.75, 3.05) is 26.7 Å². The molecular formula is C14H22IN3O. The van der Waals surface area contributed by atoms with Gasteiger partial charge in [0.2, 0.25) is 0 Å². The molecule has 0 aliphatic heterocycles. The Morgan fingerprint density at radius 3 is 2.74 bits per heavy atom. The van der Waals surface area contributed by atoms with Crippen LogP contribution in [0.15, 0.2) is 41.9 Å². The van der Waals surface area contributed by atoms with E-state index in [0.29, 0.717) is 19.7 Å². The molecule has 19 heavy (non-hydrogen) atoms. The Balaban J connectivity index is 0.00000324. The van der Waals surface area contributed by atoms with Crippen molar-refractivity contribution in [1.82, 2.24) is 10.6 Å². The van der Waals surface area contributed by atoms with Crippen molar-refractivity contribution in [2.45, 2.75) is 6.92 Å². The molecule has 5 heteroatoms. The van der Waals surface area contributed by atoms with Crippen LogP contribution in [0.2, 0.25) is 0 Å². The lowest BCUT2D eigenvalue weighted by molar-refractivity contribution is 0.320. The molecule has 4 nitrogen and oxygen atoms in total. The van der Waals surface area contributed by atoms with E-state index >= 15 is 0 Å². The number of nitrogens with one attached hydrogen (secondary N) is 2. The third-order valence-corrected chi connectivity index (χ3v) is 2.38. The van der Waals surface area contributed by atoms with Gasteiger partial charge in [0.25, 0.3) is 0 Å². The first-order valence-corrected chi connectivity index (χ1v) is 6.01. The molecule has 0 atom stereocenters. The largest absolute Gasteiger partial charge is 0.491 e. The zero-order chi connectivity index (χ0) is 13.2. The van der Waals surface area contributed by atoms with Crippen molar-refractivity contribution < 1.29 is 4.74 Å². The first-order valence-electron chi connectivity index (χ1n) is 6.01. The summed E-state index contributed by atoms with van der Waals surface area (Å²) in [6.07, 6.45) is 1.79. The first-order chi connectivity index (χ1) is 8.77. The molecule has 0 unspecified atom stereocenters. The Morgan fingerprint density at radius 2 is 2.11 bits per heavy atom. The van der Waals surface area contributed by atoms with Gasteiger partial charge < -0.3 is 15.4 Å². The van der Waals surface area contributed by atoms with Crippen LogP contribution in [-0.4, -0.2) is 32.7 Å². The molecule has 0 saturated heterocycles. The highest BCUT2D eigenvalue weighted by Gasteiger charge is 1.98. The van der Waals surface area contributed by atoms with Gasteiger partial charge in [-0.3, -0.25) is 4.99 Å². The minimum Gasteiger partial charge on any atom is -0.491 e. The van der Waals surface area contributed by atoms with Gasteiger partial charge in [-0.1, -0.05) is 24.3 Å². The minimum absolute atomic E-state index is 0. The van der Waals surface area contributed by atoms with Crippen molar-refractivity contribution in [3.05, 3.63) is 42.5 Å². The molecule has 0 aromatic heterocycles. The van der Waals surface area contributed by atoms with Crippen LogP contribution in [0.1, 0.15) is 5.56 Å². The van der Waals surface area contributed by atoms with Crippen molar-refractivity contribution in [2.24, 2.45) is 4.99 Å². The van der Waals surface area contributed by atoms with Crippen molar-refractivity contribution in [3.63, 3.8) is 0 Å². The van der Waals surface area contributed by atoms with E-state index in [1.54, 1.807) is 13.1 Å². The van der Waals surface area contributed by atoms with Crippen LogP contribution in [0, 0.1) is 6.92 Å². The SMILES string of the molecule is C=CCNC(=NC)NCCOc1ccccc1C.I. The first kappa shape index (κ1) is 17.8. The van der Waals surface area contributed by atoms with Gasteiger partial charge in [0.05, 0.1) is 6.54 Å². The van der Waals surface area contributed by atoms with Crippen LogP contribution in [-0.2, 0) is 0 Å². The van der Waals surface area contributed by atoms with Crippen LogP contribution < -0.4 is 15.4 Å². The number of nitrogens with zero attached hydrogens (tertiary/aromatic N) is 1. The van der Waals surface area contributed by atoms with Gasteiger partial charge in [0, 0.05) is 13.6 Å². The third-order valence-electron chi connectivity index (χ3n) is 2.38. The minimum atomic E-state index is 0. The summed E-state index contributed by atoms with van der Waals surface area (Å²) in [7, 11) is 1.74. The lowest BCUT2D eigenvalue weighted by atomic mass is 10.2. The summed E-state index contributed by atoms with van der Waals surface area (Å²) < 4.78 is 5.67. The third kappa shape index (κ3) is 7.05. The molecule has 106 valence electrons. The van der Waals surface area contributed by atoms with Gasteiger partial charge in [-0.15, -0.1) is 30.6 Å². The highest BCUT2D eigenvalue weighted by atomic mass is 127. The molecule has 0 aliphatic carbocycles. The Hall–Kier alpha value is -1.24. The monoisotopic (exact) mass is 375 g/mol. The number of hydrogen-bond donors (Lipinski definition) is 2. The zero-order valence-electron chi connectivity index (χ0n) is 11.5. The Kier molecular flexibility index (Phi) is 9.97. The average Bonchev–Trinajstić information content (AvgIpc) is 2.40. The molecule has 0 aliphatic rings. The van der Waals surface area contributed by atoms with Gasteiger partial charge in [-0.2, -0.15) is 0 Å². The number of hydrogen-bond acceptors (Lipinski definition) is 2. The molecule has 1 rings (SSSR count). The quantitative estimate of drug-likeness (QED) is 0.264. The molecule has 0 saturated carbocycles. The molecule has 0 spiro atoms. The molecule has 1 aromatic carbocycles. The number of benzene rings is 1. The van der Waals surface area contributed by atoms with E-state index in [9.17, 15) is 0 Å². The number of para-hydroxylation sites is 1. The highest BCUT2D eigenvalue weighted by molar-refractivity contribution is 14.0. The standard InChI is InChI=1S/C14H21N3O.HI/c1-4-9-16-14(15-3)17-10-11-18-13-8-6-5-7-12(13)2;/h4-8H,1,9-11H2,2-3H3,(H2,15,16,17);1H. The number of ether oxygens (including phenoxy) is 1. The van der Waals surface area contributed by atoms with E-state index in [1.807, 2.05) is 31.2 Å². The second-order valence-electron chi connectivity index (χ2n) is 3.78. The van der Waals surface area contributed by atoms with Gasteiger partial charge in [-0.25, -0.2) is 0 Å². The molecule has 0 heterocycles. The maximum atomic E-state index is 5.67. The maximum absolute atomic E-state index is 5.67. The van der Waals surface area contributed by atoms with E-state index in [4.69, 9.17) is 4.74 Å². The normalized spacial score (nSPS) is 10.3. The summed E-state index contributed by atoms with van der Waals surface area (Å²) in [5.74, 6) is 1.68. The molecular weight excluding hydrogens is 353 g/mol. The van der Waals surface area contributed by atoms with Gasteiger partial charge >= 0.3 is 0 Å². The van der Waals surface area contributed by atoms with E-state index in [0.717, 1.165) is 17.3 Å². The Bertz CT molecular complexity index is 407. The summed E-state index contributed by atoms with van der Waals surface area (Å²) in [6.45, 7) is 7.67. The van der Waals surface area contributed by atoms with Crippen molar-refractivity contribution in [3.8, 4) is 5.75 Å². The molecule has 0 radical (unpaired) electrons. The van der Waals surface area contributed by atoms with E-state index < -0.39 is 0 Å². The van der Waals surface area contributed by atoms with Gasteiger partial charge in [0.1, 0.15) is 12.4 Å². The zero-order valence-corrected chi connectivity index (χ0v) is 13.8. The summed E-state index contributed by atoms with van der Waals surface area (Å²) in [4.78, 5) is 4.08. The second kappa shape index (κ2) is 10.7. The Labute approximate surface area is 132 Å². The maximum Gasteiger partial charge on any atom is 0.191 e. The number of aliphatic imine (C=N–C) groups is 1. The Morgan fingerprint density at radius 1 is 1.37 bits per heavy atom. The highest BCUT2D eigenvalue weighted by Crippen LogP contribution is 2.15.